The first kappa shape index (κ1) is 24.3. The van der Waals surface area contributed by atoms with Crippen LogP contribution < -0.4 is 24.4 Å². The average molecular weight is 487 g/mol. The SMILES string of the molecule is COc1ccc(NS(=O)(=O)c2cc([N+](=O)[O-])ccc2N/N=C/c2cccc(OC)c2OC)cc1. The summed E-state index contributed by atoms with van der Waals surface area (Å²) in [5.41, 5.74) is 3.10. The molecule has 0 unspecified atom stereocenters. The Balaban J connectivity index is 1.94. The Hall–Kier alpha value is -4.32. The van der Waals surface area contributed by atoms with Crippen LogP contribution in [0.1, 0.15) is 5.56 Å². The molecule has 0 aliphatic carbocycles. The van der Waals surface area contributed by atoms with Crippen molar-refractivity contribution >= 4 is 33.3 Å². The number of benzene rings is 3. The molecule has 0 fully saturated rings. The second-order valence-corrected chi connectivity index (χ2v) is 8.38. The number of methoxy groups -OCH3 is 3. The van der Waals surface area contributed by atoms with Gasteiger partial charge in [-0.05, 0) is 42.5 Å². The second-order valence-electron chi connectivity index (χ2n) is 6.72. The largest absolute Gasteiger partial charge is 0.497 e. The van der Waals surface area contributed by atoms with Gasteiger partial charge in [0.1, 0.15) is 10.6 Å². The van der Waals surface area contributed by atoms with Crippen molar-refractivity contribution in [3.63, 3.8) is 0 Å². The highest BCUT2D eigenvalue weighted by molar-refractivity contribution is 7.92. The first-order chi connectivity index (χ1) is 16.3. The number of nitrogens with zero attached hydrogens (tertiary/aromatic N) is 2. The van der Waals surface area contributed by atoms with Crippen molar-refractivity contribution in [1.82, 2.24) is 0 Å². The summed E-state index contributed by atoms with van der Waals surface area (Å²) in [6, 6.07) is 14.8. The van der Waals surface area contributed by atoms with Gasteiger partial charge in [0.05, 0.1) is 38.2 Å². The maximum atomic E-state index is 13.1. The zero-order chi connectivity index (χ0) is 24.7. The number of para-hydroxylation sites is 1. The summed E-state index contributed by atoms with van der Waals surface area (Å²) in [6.45, 7) is 0. The monoisotopic (exact) mass is 486 g/mol. The van der Waals surface area contributed by atoms with E-state index in [9.17, 15) is 18.5 Å². The lowest BCUT2D eigenvalue weighted by atomic mass is 10.2. The topological polar surface area (TPSA) is 141 Å². The highest BCUT2D eigenvalue weighted by atomic mass is 32.2. The molecule has 3 aromatic rings. The zero-order valence-electron chi connectivity index (χ0n) is 18.5. The fourth-order valence-electron chi connectivity index (χ4n) is 2.99. The summed E-state index contributed by atoms with van der Waals surface area (Å²) in [5, 5.41) is 15.3. The van der Waals surface area contributed by atoms with Gasteiger partial charge in [-0.3, -0.25) is 20.3 Å². The maximum absolute atomic E-state index is 13.1. The third-order valence-electron chi connectivity index (χ3n) is 4.63. The van der Waals surface area contributed by atoms with Crippen LogP contribution in [0.15, 0.2) is 70.7 Å². The van der Waals surface area contributed by atoms with E-state index in [4.69, 9.17) is 14.2 Å². The summed E-state index contributed by atoms with van der Waals surface area (Å²) in [6.07, 6.45) is 1.41. The standard InChI is InChI=1S/C22H22N4O7S/c1-31-18-10-7-16(8-11-18)25-34(29,30)21-13-17(26(27)28)9-12-19(21)24-23-14-15-5-4-6-20(32-2)22(15)33-3/h4-14,24-25H,1-3H3/b23-14+. The molecule has 0 bridgehead atoms. The molecular weight excluding hydrogens is 464 g/mol. The highest BCUT2D eigenvalue weighted by Crippen LogP contribution is 2.31. The minimum atomic E-state index is -4.21. The lowest BCUT2D eigenvalue weighted by Gasteiger charge is -2.13. The van der Waals surface area contributed by atoms with Crippen LogP contribution in [0.4, 0.5) is 17.1 Å². The molecule has 12 heteroatoms. The first-order valence-electron chi connectivity index (χ1n) is 9.74. The van der Waals surface area contributed by atoms with Crippen LogP contribution in [0.3, 0.4) is 0 Å². The normalized spacial score (nSPS) is 11.1. The average Bonchev–Trinajstić information content (AvgIpc) is 2.84. The van der Waals surface area contributed by atoms with Crippen molar-refractivity contribution in [2.45, 2.75) is 4.90 Å². The van der Waals surface area contributed by atoms with Crippen LogP contribution in [-0.4, -0.2) is 40.9 Å². The van der Waals surface area contributed by atoms with E-state index in [1.807, 2.05) is 0 Å². The molecule has 0 radical (unpaired) electrons. The van der Waals surface area contributed by atoms with Gasteiger partial charge in [-0.2, -0.15) is 5.10 Å². The van der Waals surface area contributed by atoms with Crippen LogP contribution in [0.25, 0.3) is 0 Å². The molecule has 3 aromatic carbocycles. The molecule has 0 spiro atoms. The Morgan fingerprint density at radius 2 is 1.71 bits per heavy atom. The van der Waals surface area contributed by atoms with Crippen LogP contribution in [0.2, 0.25) is 0 Å². The number of hydrogen-bond acceptors (Lipinski definition) is 9. The number of hydrogen-bond donors (Lipinski definition) is 2. The number of ether oxygens (including phenoxy) is 3. The Morgan fingerprint density at radius 3 is 2.32 bits per heavy atom. The molecule has 11 nitrogen and oxygen atoms in total. The van der Waals surface area contributed by atoms with E-state index in [0.29, 0.717) is 22.8 Å². The predicted octanol–water partition coefficient (Wildman–Crippen LogP) is 3.87. The summed E-state index contributed by atoms with van der Waals surface area (Å²) in [5.74, 6) is 1.48. The third-order valence-corrected chi connectivity index (χ3v) is 6.05. The van der Waals surface area contributed by atoms with Gasteiger partial charge in [-0.15, -0.1) is 0 Å². The molecule has 0 atom stereocenters. The minimum absolute atomic E-state index is 0.0322. The van der Waals surface area contributed by atoms with Crippen LogP contribution in [-0.2, 0) is 10.0 Å². The van der Waals surface area contributed by atoms with Crippen molar-refractivity contribution in [3.8, 4) is 17.2 Å². The molecule has 0 aromatic heterocycles. The summed E-state index contributed by atoms with van der Waals surface area (Å²) >= 11 is 0. The Labute approximate surface area is 196 Å². The van der Waals surface area contributed by atoms with Gasteiger partial charge >= 0.3 is 0 Å². The number of sulfonamides is 1. The second kappa shape index (κ2) is 10.5. The van der Waals surface area contributed by atoms with Gasteiger partial charge in [0.15, 0.2) is 11.5 Å². The number of anilines is 2. The molecule has 0 saturated heterocycles. The number of hydrazone groups is 1. The van der Waals surface area contributed by atoms with Crippen molar-refractivity contribution < 1.29 is 27.6 Å². The van der Waals surface area contributed by atoms with Crippen molar-refractivity contribution in [2.75, 3.05) is 31.5 Å². The highest BCUT2D eigenvalue weighted by Gasteiger charge is 2.23. The molecule has 34 heavy (non-hydrogen) atoms. The number of non-ortho nitro benzene ring substituents is 1. The summed E-state index contributed by atoms with van der Waals surface area (Å²) in [7, 11) is 0.255. The maximum Gasteiger partial charge on any atom is 0.270 e. The number of nitrogens with one attached hydrogen (secondary N) is 2. The Morgan fingerprint density at radius 1 is 0.971 bits per heavy atom. The van der Waals surface area contributed by atoms with E-state index in [1.165, 1.54) is 51.8 Å². The molecule has 0 saturated carbocycles. The summed E-state index contributed by atoms with van der Waals surface area (Å²) < 4.78 is 44.2. The third kappa shape index (κ3) is 5.53. The van der Waals surface area contributed by atoms with Gasteiger partial charge in [-0.25, -0.2) is 8.42 Å². The van der Waals surface area contributed by atoms with Gasteiger partial charge in [-0.1, -0.05) is 6.07 Å². The lowest BCUT2D eigenvalue weighted by molar-refractivity contribution is -0.385. The molecule has 0 amide bonds. The van der Waals surface area contributed by atoms with E-state index in [-0.39, 0.29) is 22.0 Å². The molecule has 0 aliphatic rings. The molecule has 2 N–H and O–H groups in total. The predicted molar refractivity (Wildman–Crippen MR) is 128 cm³/mol. The molecule has 0 aliphatic heterocycles. The quantitative estimate of drug-likeness (QED) is 0.250. The van der Waals surface area contributed by atoms with E-state index >= 15 is 0 Å². The fourth-order valence-corrected chi connectivity index (χ4v) is 4.23. The lowest BCUT2D eigenvalue weighted by Crippen LogP contribution is -2.15. The van der Waals surface area contributed by atoms with Crippen molar-refractivity contribution in [1.29, 1.82) is 0 Å². The van der Waals surface area contributed by atoms with Gasteiger partial charge in [0.2, 0.25) is 0 Å². The van der Waals surface area contributed by atoms with Gasteiger partial charge in [0, 0.05) is 23.4 Å². The number of nitro groups is 1. The van der Waals surface area contributed by atoms with Crippen LogP contribution in [0, 0.1) is 10.1 Å². The molecule has 0 heterocycles. The number of nitro benzene ring substituents is 1. The van der Waals surface area contributed by atoms with Crippen molar-refractivity contribution in [3.05, 3.63) is 76.3 Å². The number of rotatable bonds is 10. The smallest absolute Gasteiger partial charge is 0.270 e. The van der Waals surface area contributed by atoms with E-state index in [1.54, 1.807) is 30.3 Å². The van der Waals surface area contributed by atoms with E-state index < -0.39 is 14.9 Å². The minimum Gasteiger partial charge on any atom is -0.497 e. The Kier molecular flexibility index (Phi) is 7.53. The van der Waals surface area contributed by atoms with Crippen LogP contribution >= 0.6 is 0 Å². The van der Waals surface area contributed by atoms with E-state index in [2.05, 4.69) is 15.2 Å². The molecule has 3 rings (SSSR count). The van der Waals surface area contributed by atoms with E-state index in [0.717, 1.165) is 6.07 Å². The van der Waals surface area contributed by atoms with Crippen LogP contribution in [0.5, 0.6) is 17.2 Å². The van der Waals surface area contributed by atoms with Crippen molar-refractivity contribution in [2.24, 2.45) is 5.10 Å². The first-order valence-corrected chi connectivity index (χ1v) is 11.2. The summed E-state index contributed by atoms with van der Waals surface area (Å²) in [4.78, 5) is 10.2. The molecule has 178 valence electrons. The van der Waals surface area contributed by atoms with Gasteiger partial charge < -0.3 is 14.2 Å². The molecular formula is C22H22N4O7S. The zero-order valence-corrected chi connectivity index (χ0v) is 19.3. The fraction of sp³-hybridized carbons (Fsp3) is 0.136. The Bertz CT molecular complexity index is 1310. The van der Waals surface area contributed by atoms with Gasteiger partial charge in [0.25, 0.3) is 15.7 Å².